The van der Waals surface area contributed by atoms with Gasteiger partial charge in [-0.3, -0.25) is 9.59 Å². The average Bonchev–Trinajstić information content (AvgIpc) is 2.83. The Kier molecular flexibility index (Phi) is 9.16. The van der Waals surface area contributed by atoms with Gasteiger partial charge in [0.25, 0.3) is 0 Å². The number of hydrogen-bond donors (Lipinski definition) is 2. The topological polar surface area (TPSA) is 61.4 Å². The van der Waals surface area contributed by atoms with Crippen molar-refractivity contribution >= 4 is 17.5 Å². The number of amides is 2. The van der Waals surface area contributed by atoms with Crippen molar-refractivity contribution in [2.45, 2.75) is 51.9 Å². The van der Waals surface area contributed by atoms with Gasteiger partial charge in [0, 0.05) is 12.5 Å². The Morgan fingerprint density at radius 1 is 1.00 bits per heavy atom. The first-order valence-corrected chi connectivity index (χ1v) is 12.1. The molecule has 0 bridgehead atoms. The molecule has 2 aromatic carbocycles. The minimum atomic E-state index is -0.411. The third kappa shape index (κ3) is 7.10. The fourth-order valence-electron chi connectivity index (χ4n) is 4.23. The zero-order valence-electron chi connectivity index (χ0n) is 20.2. The molecular weight excluding hydrogens is 436 g/mol. The predicted octanol–water partition coefficient (Wildman–Crippen LogP) is 5.05. The van der Waals surface area contributed by atoms with Gasteiger partial charge in [-0.2, -0.15) is 0 Å². The second-order valence-electron chi connectivity index (χ2n) is 9.42. The third-order valence-electron chi connectivity index (χ3n) is 6.55. The zero-order valence-corrected chi connectivity index (χ0v) is 20.2. The SMILES string of the molecule is CC(C)C(=O)Nc1cc(C2CCN(CCCNC(=O)C(C)c3ccc(F)cc3)CC2)ccc1F. The van der Waals surface area contributed by atoms with Crippen molar-refractivity contribution in [3.8, 4) is 0 Å². The number of nitrogens with zero attached hydrogens (tertiary/aromatic N) is 1. The number of piperidine rings is 1. The summed E-state index contributed by atoms with van der Waals surface area (Å²) in [6.45, 7) is 8.76. The third-order valence-corrected chi connectivity index (χ3v) is 6.55. The normalized spacial score (nSPS) is 15.8. The lowest BCUT2D eigenvalue weighted by atomic mass is 9.89. The molecule has 0 aromatic heterocycles. The van der Waals surface area contributed by atoms with Crippen LogP contribution in [0, 0.1) is 17.6 Å². The summed E-state index contributed by atoms with van der Waals surface area (Å²) in [5.74, 6) is -1.15. The van der Waals surface area contributed by atoms with Gasteiger partial charge in [0.15, 0.2) is 0 Å². The minimum absolute atomic E-state index is 0.0537. The van der Waals surface area contributed by atoms with Crippen LogP contribution in [-0.4, -0.2) is 42.9 Å². The molecule has 3 rings (SSSR count). The molecule has 1 atom stereocenters. The van der Waals surface area contributed by atoms with Crippen molar-refractivity contribution in [1.29, 1.82) is 0 Å². The van der Waals surface area contributed by atoms with E-state index in [0.717, 1.165) is 50.0 Å². The van der Waals surface area contributed by atoms with Gasteiger partial charge < -0.3 is 15.5 Å². The number of hydrogen-bond acceptors (Lipinski definition) is 3. The van der Waals surface area contributed by atoms with E-state index in [4.69, 9.17) is 0 Å². The zero-order chi connectivity index (χ0) is 24.7. The van der Waals surface area contributed by atoms with Crippen LogP contribution in [0.25, 0.3) is 0 Å². The maximum atomic E-state index is 14.1. The first kappa shape index (κ1) is 25.8. The highest BCUT2D eigenvalue weighted by molar-refractivity contribution is 5.92. The molecule has 34 heavy (non-hydrogen) atoms. The van der Waals surface area contributed by atoms with E-state index in [1.807, 2.05) is 13.0 Å². The van der Waals surface area contributed by atoms with Gasteiger partial charge in [-0.25, -0.2) is 8.78 Å². The molecule has 184 valence electrons. The second-order valence-corrected chi connectivity index (χ2v) is 9.42. The molecule has 1 saturated heterocycles. The van der Waals surface area contributed by atoms with E-state index in [1.165, 1.54) is 18.2 Å². The van der Waals surface area contributed by atoms with Gasteiger partial charge in [-0.1, -0.05) is 32.0 Å². The first-order chi connectivity index (χ1) is 16.2. The highest BCUT2D eigenvalue weighted by atomic mass is 19.1. The average molecular weight is 472 g/mol. The largest absolute Gasteiger partial charge is 0.356 e. The number of nitrogens with one attached hydrogen (secondary N) is 2. The van der Waals surface area contributed by atoms with Crippen LogP contribution in [0.5, 0.6) is 0 Å². The summed E-state index contributed by atoms with van der Waals surface area (Å²) in [5, 5.41) is 5.66. The molecular formula is C27H35F2N3O2. The van der Waals surface area contributed by atoms with Crippen molar-refractivity contribution in [3.05, 3.63) is 65.2 Å². The summed E-state index contributed by atoms with van der Waals surface area (Å²) in [6, 6.07) is 11.1. The molecule has 5 nitrogen and oxygen atoms in total. The molecule has 1 heterocycles. The van der Waals surface area contributed by atoms with Crippen LogP contribution in [0.1, 0.15) is 63.0 Å². The number of anilines is 1. The molecule has 2 aromatic rings. The Morgan fingerprint density at radius 2 is 1.68 bits per heavy atom. The Hall–Kier alpha value is -2.80. The van der Waals surface area contributed by atoms with Crippen LogP contribution in [-0.2, 0) is 9.59 Å². The van der Waals surface area contributed by atoms with Crippen LogP contribution in [0.2, 0.25) is 0 Å². The molecule has 1 aliphatic heterocycles. The fourth-order valence-corrected chi connectivity index (χ4v) is 4.23. The molecule has 1 aliphatic rings. The molecule has 0 saturated carbocycles. The van der Waals surface area contributed by atoms with Gasteiger partial charge in [-0.05, 0) is 87.1 Å². The van der Waals surface area contributed by atoms with Crippen LogP contribution < -0.4 is 10.6 Å². The first-order valence-electron chi connectivity index (χ1n) is 12.1. The molecule has 7 heteroatoms. The number of rotatable bonds is 9. The van der Waals surface area contributed by atoms with E-state index in [-0.39, 0.29) is 35.2 Å². The van der Waals surface area contributed by atoms with E-state index in [9.17, 15) is 18.4 Å². The maximum Gasteiger partial charge on any atom is 0.227 e. The van der Waals surface area contributed by atoms with Gasteiger partial charge in [0.2, 0.25) is 11.8 Å². The highest BCUT2D eigenvalue weighted by Crippen LogP contribution is 2.30. The fraction of sp³-hybridized carbons (Fsp3) is 0.481. The van der Waals surface area contributed by atoms with Crippen molar-refractivity contribution in [3.63, 3.8) is 0 Å². The number of halogens is 2. The van der Waals surface area contributed by atoms with Gasteiger partial charge in [0.1, 0.15) is 11.6 Å². The Morgan fingerprint density at radius 3 is 2.32 bits per heavy atom. The molecule has 0 spiro atoms. The molecule has 2 N–H and O–H groups in total. The number of carbonyl (C=O) groups is 2. The lowest BCUT2D eigenvalue weighted by molar-refractivity contribution is -0.122. The van der Waals surface area contributed by atoms with Crippen LogP contribution in [0.15, 0.2) is 42.5 Å². The smallest absolute Gasteiger partial charge is 0.227 e. The van der Waals surface area contributed by atoms with E-state index in [2.05, 4.69) is 15.5 Å². The summed E-state index contributed by atoms with van der Waals surface area (Å²) >= 11 is 0. The Labute approximate surface area is 200 Å². The summed E-state index contributed by atoms with van der Waals surface area (Å²) in [6.07, 6.45) is 2.79. The van der Waals surface area contributed by atoms with Crippen LogP contribution >= 0.6 is 0 Å². The molecule has 0 radical (unpaired) electrons. The predicted molar refractivity (Wildman–Crippen MR) is 131 cm³/mol. The number of likely N-dealkylation sites (tertiary alicyclic amines) is 1. The lowest BCUT2D eigenvalue weighted by Gasteiger charge is -2.32. The van der Waals surface area contributed by atoms with Crippen molar-refractivity contribution in [2.75, 3.05) is 31.5 Å². The van der Waals surface area contributed by atoms with Crippen LogP contribution in [0.3, 0.4) is 0 Å². The van der Waals surface area contributed by atoms with Gasteiger partial charge >= 0.3 is 0 Å². The maximum absolute atomic E-state index is 14.1. The molecule has 1 fully saturated rings. The van der Waals surface area contributed by atoms with Gasteiger partial charge in [0.05, 0.1) is 11.6 Å². The standard InChI is InChI=1S/C27H35F2N3O2/c1-18(2)26(33)31-25-17-22(7-10-24(25)29)21-11-15-32(16-12-21)14-4-13-30-27(34)19(3)20-5-8-23(28)9-6-20/h5-10,17-19,21H,4,11-16H2,1-3H3,(H,30,34)(H,31,33). The quantitative estimate of drug-likeness (QED) is 0.503. The van der Waals surface area contributed by atoms with Crippen molar-refractivity contribution in [2.24, 2.45) is 5.92 Å². The summed E-state index contributed by atoms with van der Waals surface area (Å²) in [5.41, 5.74) is 2.11. The van der Waals surface area contributed by atoms with E-state index in [1.54, 1.807) is 32.0 Å². The van der Waals surface area contributed by atoms with E-state index in [0.29, 0.717) is 12.5 Å². The Bertz CT molecular complexity index is 970. The summed E-state index contributed by atoms with van der Waals surface area (Å²) in [4.78, 5) is 26.7. The van der Waals surface area contributed by atoms with E-state index >= 15 is 0 Å². The second kappa shape index (κ2) is 12.1. The molecule has 0 aliphatic carbocycles. The van der Waals surface area contributed by atoms with E-state index < -0.39 is 5.82 Å². The van der Waals surface area contributed by atoms with Crippen molar-refractivity contribution < 1.29 is 18.4 Å². The highest BCUT2D eigenvalue weighted by Gasteiger charge is 2.22. The number of benzene rings is 2. The summed E-state index contributed by atoms with van der Waals surface area (Å²) < 4.78 is 27.2. The minimum Gasteiger partial charge on any atom is -0.356 e. The number of carbonyl (C=O) groups excluding carboxylic acids is 2. The van der Waals surface area contributed by atoms with Crippen LogP contribution in [0.4, 0.5) is 14.5 Å². The monoisotopic (exact) mass is 471 g/mol. The Balaban J connectivity index is 1.40. The molecule has 1 unspecified atom stereocenters. The van der Waals surface area contributed by atoms with Gasteiger partial charge in [-0.15, -0.1) is 0 Å². The van der Waals surface area contributed by atoms with Crippen molar-refractivity contribution in [1.82, 2.24) is 10.2 Å². The lowest BCUT2D eigenvalue weighted by Crippen LogP contribution is -2.36. The summed E-state index contributed by atoms with van der Waals surface area (Å²) in [7, 11) is 0. The molecule has 2 amide bonds.